The van der Waals surface area contributed by atoms with Crippen molar-refractivity contribution in [2.24, 2.45) is 0 Å². The van der Waals surface area contributed by atoms with Gasteiger partial charge in [0.25, 0.3) is 11.8 Å². The minimum absolute atomic E-state index is 0.0102. The Hall–Kier alpha value is -2.53. The maximum Gasteiger partial charge on any atom is 0.260 e. The molecule has 0 unspecified atom stereocenters. The fraction of sp³-hybridized carbons (Fsp3) is 0.364. The summed E-state index contributed by atoms with van der Waals surface area (Å²) in [6.07, 6.45) is 0. The second kappa shape index (κ2) is 8.65. The highest BCUT2D eigenvalue weighted by atomic mass is 35.5. The lowest BCUT2D eigenvalue weighted by Gasteiger charge is -2.34. The third-order valence-electron chi connectivity index (χ3n) is 5.22. The highest BCUT2D eigenvalue weighted by Crippen LogP contribution is 2.25. The molecule has 2 amide bonds. The van der Waals surface area contributed by atoms with E-state index in [1.54, 1.807) is 34.1 Å². The Labute approximate surface area is 170 Å². The Bertz CT molecular complexity index is 872. The summed E-state index contributed by atoms with van der Waals surface area (Å²) >= 11 is 5.88. The fourth-order valence-electron chi connectivity index (χ4n) is 3.31. The van der Waals surface area contributed by atoms with E-state index in [-0.39, 0.29) is 18.4 Å². The summed E-state index contributed by atoms with van der Waals surface area (Å²) in [5.74, 6) is 0.690. The van der Waals surface area contributed by atoms with Gasteiger partial charge in [-0.2, -0.15) is 0 Å². The van der Waals surface area contributed by atoms with Gasteiger partial charge in [-0.25, -0.2) is 0 Å². The van der Waals surface area contributed by atoms with Crippen LogP contribution in [-0.2, 0) is 4.79 Å². The highest BCUT2D eigenvalue weighted by Gasteiger charge is 2.25. The number of carbonyl (C=O) groups excluding carboxylic acids is 2. The Morgan fingerprint density at radius 3 is 2.11 bits per heavy atom. The maximum atomic E-state index is 12.6. The van der Waals surface area contributed by atoms with Crippen LogP contribution in [0.25, 0.3) is 0 Å². The van der Waals surface area contributed by atoms with Crippen molar-refractivity contribution in [2.75, 3.05) is 32.8 Å². The van der Waals surface area contributed by atoms with E-state index in [1.165, 1.54) is 0 Å². The molecule has 1 aliphatic heterocycles. The van der Waals surface area contributed by atoms with Crippen molar-refractivity contribution in [1.82, 2.24) is 9.80 Å². The first-order valence-electron chi connectivity index (χ1n) is 9.39. The molecule has 148 valence electrons. The fourth-order valence-corrected chi connectivity index (χ4v) is 3.43. The molecule has 0 aliphatic carbocycles. The Kier molecular flexibility index (Phi) is 6.25. The van der Waals surface area contributed by atoms with E-state index in [4.69, 9.17) is 16.3 Å². The van der Waals surface area contributed by atoms with Crippen LogP contribution < -0.4 is 4.74 Å². The number of aryl methyl sites for hydroxylation is 2. The molecular formula is C22H25ClN2O3. The van der Waals surface area contributed by atoms with Crippen LogP contribution in [0.1, 0.15) is 27.0 Å². The summed E-state index contributed by atoms with van der Waals surface area (Å²) in [6.45, 7) is 8.05. The molecule has 1 fully saturated rings. The zero-order valence-electron chi connectivity index (χ0n) is 16.5. The first-order valence-corrected chi connectivity index (χ1v) is 9.77. The number of amides is 2. The van der Waals surface area contributed by atoms with Crippen molar-refractivity contribution in [3.05, 3.63) is 63.7 Å². The number of piperazine rings is 1. The topological polar surface area (TPSA) is 49.9 Å². The van der Waals surface area contributed by atoms with Gasteiger partial charge in [-0.05, 0) is 61.7 Å². The van der Waals surface area contributed by atoms with Gasteiger partial charge in [-0.1, -0.05) is 23.7 Å². The molecule has 2 aromatic carbocycles. The highest BCUT2D eigenvalue weighted by molar-refractivity contribution is 6.30. The van der Waals surface area contributed by atoms with Crippen LogP contribution in [0.3, 0.4) is 0 Å². The van der Waals surface area contributed by atoms with Crippen molar-refractivity contribution in [2.45, 2.75) is 20.8 Å². The Morgan fingerprint density at radius 2 is 1.46 bits per heavy atom. The van der Waals surface area contributed by atoms with Gasteiger partial charge in [0.1, 0.15) is 5.75 Å². The van der Waals surface area contributed by atoms with Gasteiger partial charge in [0, 0.05) is 36.8 Å². The summed E-state index contributed by atoms with van der Waals surface area (Å²) in [5.41, 5.74) is 3.83. The molecule has 0 bridgehead atoms. The summed E-state index contributed by atoms with van der Waals surface area (Å²) in [6, 6.07) is 10.9. The van der Waals surface area contributed by atoms with E-state index in [2.05, 4.69) is 6.07 Å². The summed E-state index contributed by atoms with van der Waals surface area (Å²) in [7, 11) is 0. The first kappa shape index (κ1) is 20.2. The van der Waals surface area contributed by atoms with Crippen LogP contribution in [0.15, 0.2) is 36.4 Å². The Balaban J connectivity index is 1.53. The van der Waals surface area contributed by atoms with Gasteiger partial charge in [0.2, 0.25) is 0 Å². The zero-order valence-corrected chi connectivity index (χ0v) is 17.3. The molecule has 2 aromatic rings. The van der Waals surface area contributed by atoms with Crippen molar-refractivity contribution >= 4 is 23.4 Å². The molecule has 1 aliphatic rings. The van der Waals surface area contributed by atoms with Crippen molar-refractivity contribution in [3.63, 3.8) is 0 Å². The number of ether oxygens (including phenoxy) is 1. The number of hydrogen-bond donors (Lipinski definition) is 0. The molecule has 0 aromatic heterocycles. The SMILES string of the molecule is Cc1ccc(C)c(OCC(=O)N2CCN(C(=O)c3ccc(Cl)cc3)CC2)c1C. The molecule has 3 rings (SSSR count). The molecule has 28 heavy (non-hydrogen) atoms. The number of nitrogens with zero attached hydrogens (tertiary/aromatic N) is 2. The Morgan fingerprint density at radius 1 is 0.893 bits per heavy atom. The van der Waals surface area contributed by atoms with Gasteiger partial charge in [-0.3, -0.25) is 9.59 Å². The molecule has 0 spiro atoms. The minimum atomic E-state index is -0.0566. The average Bonchev–Trinajstić information content (AvgIpc) is 2.71. The number of benzene rings is 2. The lowest BCUT2D eigenvalue weighted by Crippen LogP contribution is -2.51. The third-order valence-corrected chi connectivity index (χ3v) is 5.48. The van der Waals surface area contributed by atoms with Crippen LogP contribution in [0.2, 0.25) is 5.02 Å². The van der Waals surface area contributed by atoms with Crippen molar-refractivity contribution in [3.8, 4) is 5.75 Å². The van der Waals surface area contributed by atoms with Crippen molar-refractivity contribution in [1.29, 1.82) is 0 Å². The predicted octanol–water partition coefficient (Wildman–Crippen LogP) is 3.63. The normalized spacial score (nSPS) is 14.1. The van der Waals surface area contributed by atoms with Crippen LogP contribution >= 0.6 is 11.6 Å². The first-order chi connectivity index (χ1) is 13.4. The summed E-state index contributed by atoms with van der Waals surface area (Å²) < 4.78 is 5.83. The van der Waals surface area contributed by atoms with Crippen LogP contribution in [0, 0.1) is 20.8 Å². The molecule has 5 nitrogen and oxygen atoms in total. The van der Waals surface area contributed by atoms with Gasteiger partial charge in [0.05, 0.1) is 0 Å². The van der Waals surface area contributed by atoms with E-state index >= 15 is 0 Å². The van der Waals surface area contributed by atoms with E-state index in [0.717, 1.165) is 22.4 Å². The molecule has 0 atom stereocenters. The van der Waals surface area contributed by atoms with Gasteiger partial charge in [-0.15, -0.1) is 0 Å². The van der Waals surface area contributed by atoms with E-state index in [1.807, 2.05) is 26.8 Å². The van der Waals surface area contributed by atoms with Crippen LogP contribution in [0.4, 0.5) is 0 Å². The summed E-state index contributed by atoms with van der Waals surface area (Å²) in [5, 5.41) is 0.603. The molecule has 0 radical (unpaired) electrons. The second-order valence-corrected chi connectivity index (χ2v) is 7.56. The molecular weight excluding hydrogens is 376 g/mol. The molecule has 6 heteroatoms. The van der Waals surface area contributed by atoms with Gasteiger partial charge < -0.3 is 14.5 Å². The average molecular weight is 401 g/mol. The lowest BCUT2D eigenvalue weighted by molar-refractivity contribution is -0.134. The van der Waals surface area contributed by atoms with E-state index in [0.29, 0.717) is 36.8 Å². The largest absolute Gasteiger partial charge is 0.483 e. The maximum absolute atomic E-state index is 12.6. The smallest absolute Gasteiger partial charge is 0.260 e. The molecule has 0 saturated carbocycles. The lowest BCUT2D eigenvalue weighted by atomic mass is 10.1. The monoisotopic (exact) mass is 400 g/mol. The quantitative estimate of drug-likeness (QED) is 0.787. The second-order valence-electron chi connectivity index (χ2n) is 7.12. The molecule has 0 N–H and O–H groups in total. The zero-order chi connectivity index (χ0) is 20.3. The number of halogens is 1. The van der Waals surface area contributed by atoms with E-state index in [9.17, 15) is 9.59 Å². The number of hydrogen-bond acceptors (Lipinski definition) is 3. The number of rotatable bonds is 4. The predicted molar refractivity (Wildman–Crippen MR) is 110 cm³/mol. The van der Waals surface area contributed by atoms with Crippen LogP contribution in [-0.4, -0.2) is 54.4 Å². The van der Waals surface area contributed by atoms with Gasteiger partial charge in [0.15, 0.2) is 6.61 Å². The van der Waals surface area contributed by atoms with Gasteiger partial charge >= 0.3 is 0 Å². The molecule has 1 saturated heterocycles. The molecule has 1 heterocycles. The number of carbonyl (C=O) groups is 2. The van der Waals surface area contributed by atoms with Crippen molar-refractivity contribution < 1.29 is 14.3 Å². The van der Waals surface area contributed by atoms with E-state index < -0.39 is 0 Å². The standard InChI is InChI=1S/C22H25ClN2O3/c1-15-4-5-16(2)21(17(15)3)28-14-20(26)24-10-12-25(13-11-24)22(27)18-6-8-19(23)9-7-18/h4-9H,10-14H2,1-3H3. The van der Waals surface area contributed by atoms with Crippen LogP contribution in [0.5, 0.6) is 5.75 Å². The third kappa shape index (κ3) is 4.47. The summed E-state index contributed by atoms with van der Waals surface area (Å²) in [4.78, 5) is 28.6. The minimum Gasteiger partial charge on any atom is -0.483 e.